The molecule has 0 amide bonds. The lowest BCUT2D eigenvalue weighted by atomic mass is 9.87. The summed E-state index contributed by atoms with van der Waals surface area (Å²) in [6.07, 6.45) is 5.67. The number of methoxy groups -OCH3 is 1. The van der Waals surface area contributed by atoms with E-state index in [2.05, 4.69) is 15.0 Å². The third kappa shape index (κ3) is 4.30. The second kappa shape index (κ2) is 8.86. The van der Waals surface area contributed by atoms with E-state index >= 15 is 4.39 Å². The van der Waals surface area contributed by atoms with Crippen molar-refractivity contribution in [2.45, 2.75) is 38.6 Å². The van der Waals surface area contributed by atoms with Crippen molar-refractivity contribution in [1.29, 1.82) is 0 Å². The number of nitrogens with two attached hydrogens (primary N) is 1. The topological polar surface area (TPSA) is 95.3 Å². The Kier molecular flexibility index (Phi) is 5.76. The van der Waals surface area contributed by atoms with Crippen molar-refractivity contribution in [2.24, 2.45) is 11.7 Å². The molecule has 1 fully saturated rings. The smallest absolute Gasteiger partial charge is 0.230 e. The van der Waals surface area contributed by atoms with Crippen molar-refractivity contribution in [2.75, 3.05) is 13.7 Å². The van der Waals surface area contributed by atoms with Crippen molar-refractivity contribution >= 4 is 21.8 Å². The molecule has 2 heterocycles. The predicted octanol–water partition coefficient (Wildman–Crippen LogP) is 5.26. The summed E-state index contributed by atoms with van der Waals surface area (Å²) in [6.45, 7) is 2.46. The van der Waals surface area contributed by atoms with E-state index in [0.717, 1.165) is 31.4 Å². The van der Waals surface area contributed by atoms with Gasteiger partial charge < -0.3 is 24.9 Å². The van der Waals surface area contributed by atoms with Gasteiger partial charge in [0.25, 0.3) is 0 Å². The number of halogens is 1. The number of ether oxygens (including phenoxy) is 3. The minimum Gasteiger partial charge on any atom is -0.493 e. The Labute approximate surface area is 191 Å². The third-order valence-electron chi connectivity index (χ3n) is 6.23. The maximum Gasteiger partial charge on any atom is 0.230 e. The zero-order chi connectivity index (χ0) is 22.9. The van der Waals surface area contributed by atoms with Crippen molar-refractivity contribution in [1.82, 2.24) is 15.0 Å². The predicted molar refractivity (Wildman–Crippen MR) is 125 cm³/mol. The molecular weight excluding hydrogens is 423 g/mol. The van der Waals surface area contributed by atoms with E-state index in [1.54, 1.807) is 37.4 Å². The Morgan fingerprint density at radius 2 is 1.97 bits per heavy atom. The number of aromatic amines is 1. The average molecular weight is 451 g/mol. The summed E-state index contributed by atoms with van der Waals surface area (Å²) in [4.78, 5) is 11.7. The molecule has 0 bridgehead atoms. The molecule has 2 aromatic carbocycles. The van der Waals surface area contributed by atoms with E-state index in [9.17, 15) is 0 Å². The van der Waals surface area contributed by atoms with Gasteiger partial charge in [-0.25, -0.2) is 14.4 Å². The normalized spacial score (nSPS) is 18.5. The van der Waals surface area contributed by atoms with Crippen LogP contribution in [-0.2, 0) is 0 Å². The highest BCUT2D eigenvalue weighted by molar-refractivity contribution is 5.87. The number of nitrogens with one attached hydrogen (secondary N) is 1. The summed E-state index contributed by atoms with van der Waals surface area (Å²) < 4.78 is 32.6. The van der Waals surface area contributed by atoms with Crippen LogP contribution < -0.4 is 19.9 Å². The molecule has 0 spiro atoms. The first-order valence-electron chi connectivity index (χ1n) is 11.2. The van der Waals surface area contributed by atoms with Crippen LogP contribution in [0.5, 0.6) is 23.1 Å². The van der Waals surface area contributed by atoms with Gasteiger partial charge in [0, 0.05) is 28.7 Å². The van der Waals surface area contributed by atoms with Gasteiger partial charge in [0.1, 0.15) is 6.33 Å². The van der Waals surface area contributed by atoms with Crippen LogP contribution in [0, 0.1) is 18.7 Å². The zero-order valence-corrected chi connectivity index (χ0v) is 18.7. The number of rotatable bonds is 6. The highest BCUT2D eigenvalue weighted by Gasteiger charge is 2.21. The maximum atomic E-state index is 15.0. The number of hydrogen-bond donors (Lipinski definition) is 2. The molecule has 7 nitrogen and oxygen atoms in total. The highest BCUT2D eigenvalue weighted by atomic mass is 19.1. The second-order valence-corrected chi connectivity index (χ2v) is 8.70. The van der Waals surface area contributed by atoms with Crippen LogP contribution in [0.2, 0.25) is 0 Å². The SMILES string of the molecule is COc1cc2c(Oc3ccc4[nH]c(C)cc4c3F)ncnc2cc1OCC1CCCC(N)C1. The minimum absolute atomic E-state index is 0.0921. The Bertz CT molecular complexity index is 1310. The maximum absolute atomic E-state index is 15.0. The lowest BCUT2D eigenvalue weighted by Gasteiger charge is -2.26. The highest BCUT2D eigenvalue weighted by Crippen LogP contribution is 2.38. The summed E-state index contributed by atoms with van der Waals surface area (Å²) in [5, 5.41) is 1.07. The first kappa shape index (κ1) is 21.5. The van der Waals surface area contributed by atoms with Gasteiger partial charge >= 0.3 is 0 Å². The minimum atomic E-state index is -0.443. The molecule has 1 aliphatic rings. The summed E-state index contributed by atoms with van der Waals surface area (Å²) in [5.74, 6) is 1.46. The Morgan fingerprint density at radius 3 is 2.79 bits per heavy atom. The number of aryl methyl sites for hydroxylation is 1. The molecule has 2 aromatic heterocycles. The van der Waals surface area contributed by atoms with Crippen LogP contribution in [0.15, 0.2) is 36.7 Å². The van der Waals surface area contributed by atoms with Gasteiger partial charge in [-0.05, 0) is 56.4 Å². The van der Waals surface area contributed by atoms with Gasteiger partial charge in [-0.3, -0.25) is 0 Å². The third-order valence-corrected chi connectivity index (χ3v) is 6.23. The molecule has 0 radical (unpaired) electrons. The molecule has 5 rings (SSSR count). The lowest BCUT2D eigenvalue weighted by molar-refractivity contribution is 0.193. The molecule has 33 heavy (non-hydrogen) atoms. The van der Waals surface area contributed by atoms with Gasteiger partial charge in [0.2, 0.25) is 5.88 Å². The second-order valence-electron chi connectivity index (χ2n) is 8.70. The Morgan fingerprint density at radius 1 is 1.09 bits per heavy atom. The van der Waals surface area contributed by atoms with Crippen LogP contribution in [0.3, 0.4) is 0 Å². The van der Waals surface area contributed by atoms with Crippen LogP contribution in [0.1, 0.15) is 31.4 Å². The molecule has 8 heteroatoms. The molecular formula is C25H27FN4O3. The van der Waals surface area contributed by atoms with Crippen LogP contribution in [0.4, 0.5) is 4.39 Å². The average Bonchev–Trinajstić information content (AvgIpc) is 3.20. The van der Waals surface area contributed by atoms with Gasteiger partial charge in [-0.1, -0.05) is 6.42 Å². The first-order valence-corrected chi connectivity index (χ1v) is 11.2. The van der Waals surface area contributed by atoms with E-state index in [0.29, 0.717) is 45.8 Å². The fourth-order valence-electron chi connectivity index (χ4n) is 4.56. The number of H-pyrrole nitrogens is 1. The van der Waals surface area contributed by atoms with Crippen molar-refractivity contribution in [3.05, 3.63) is 48.2 Å². The van der Waals surface area contributed by atoms with Crippen molar-refractivity contribution in [3.8, 4) is 23.1 Å². The van der Waals surface area contributed by atoms with Gasteiger partial charge in [0.05, 0.1) is 24.6 Å². The Balaban J connectivity index is 1.44. The van der Waals surface area contributed by atoms with E-state index in [1.807, 2.05) is 6.92 Å². The largest absolute Gasteiger partial charge is 0.493 e. The lowest BCUT2D eigenvalue weighted by Crippen LogP contribution is -2.30. The van der Waals surface area contributed by atoms with E-state index in [-0.39, 0.29) is 17.7 Å². The fraction of sp³-hybridized carbons (Fsp3) is 0.360. The van der Waals surface area contributed by atoms with Crippen LogP contribution in [-0.4, -0.2) is 34.7 Å². The molecule has 0 aliphatic heterocycles. The van der Waals surface area contributed by atoms with E-state index in [4.69, 9.17) is 19.9 Å². The zero-order valence-electron chi connectivity index (χ0n) is 18.7. The molecule has 2 unspecified atom stereocenters. The van der Waals surface area contributed by atoms with Crippen LogP contribution in [0.25, 0.3) is 21.8 Å². The summed E-state index contributed by atoms with van der Waals surface area (Å²) >= 11 is 0. The number of nitrogens with zero attached hydrogens (tertiary/aromatic N) is 2. The van der Waals surface area contributed by atoms with E-state index < -0.39 is 5.82 Å². The molecule has 1 aliphatic carbocycles. The number of fused-ring (bicyclic) bond motifs is 2. The molecule has 3 N–H and O–H groups in total. The van der Waals surface area contributed by atoms with Crippen LogP contribution >= 0.6 is 0 Å². The van der Waals surface area contributed by atoms with E-state index in [1.165, 1.54) is 6.33 Å². The fourth-order valence-corrected chi connectivity index (χ4v) is 4.56. The molecule has 2 atom stereocenters. The molecule has 4 aromatic rings. The van der Waals surface area contributed by atoms with Crippen molar-refractivity contribution < 1.29 is 18.6 Å². The number of benzene rings is 2. The quantitative estimate of drug-likeness (QED) is 0.416. The number of hydrogen-bond acceptors (Lipinski definition) is 6. The van der Waals surface area contributed by atoms with Crippen molar-refractivity contribution in [3.63, 3.8) is 0 Å². The number of aromatic nitrogens is 3. The summed E-state index contributed by atoms with van der Waals surface area (Å²) in [6, 6.07) is 8.94. The standard InChI is InChI=1S/C25H27FN4O3/c1-14-8-17-19(30-14)6-7-21(24(17)26)33-25-18-10-22(31-2)23(11-20(18)28-13-29-25)32-12-15-4-3-5-16(27)9-15/h6-8,10-11,13,15-16,30H,3-5,9,12,27H2,1-2H3. The monoisotopic (exact) mass is 450 g/mol. The van der Waals surface area contributed by atoms with Gasteiger partial charge in [0.15, 0.2) is 23.1 Å². The molecule has 172 valence electrons. The molecule has 0 saturated heterocycles. The Hall–Kier alpha value is -3.39. The first-order chi connectivity index (χ1) is 16.0. The molecule has 1 saturated carbocycles. The summed E-state index contributed by atoms with van der Waals surface area (Å²) in [5.41, 5.74) is 8.32. The van der Waals surface area contributed by atoms with Gasteiger partial charge in [-0.15, -0.1) is 0 Å². The summed E-state index contributed by atoms with van der Waals surface area (Å²) in [7, 11) is 1.58. The van der Waals surface area contributed by atoms with Gasteiger partial charge in [-0.2, -0.15) is 0 Å².